The fourth-order valence-corrected chi connectivity index (χ4v) is 1.19. The van der Waals surface area contributed by atoms with Gasteiger partial charge in [-0.1, -0.05) is 33.1 Å². The summed E-state index contributed by atoms with van der Waals surface area (Å²) in [5.41, 5.74) is 3.49. The molecular formula is C15H24NZr-. The van der Waals surface area contributed by atoms with Crippen LogP contribution in [-0.4, -0.2) is 4.57 Å². The molecule has 2 heteroatoms. The van der Waals surface area contributed by atoms with Crippen molar-refractivity contribution in [3.05, 3.63) is 55.8 Å². The minimum atomic E-state index is 0. The van der Waals surface area contributed by atoms with Crippen LogP contribution in [-0.2, 0) is 26.2 Å². The first-order chi connectivity index (χ1) is 7.17. The summed E-state index contributed by atoms with van der Waals surface area (Å²) in [6.45, 7) is 15.6. The number of nitrogens with zero attached hydrogens (tertiary/aromatic N) is 1. The van der Waals surface area contributed by atoms with Crippen molar-refractivity contribution < 1.29 is 26.2 Å². The van der Waals surface area contributed by atoms with Gasteiger partial charge in [0.25, 0.3) is 0 Å². The average Bonchev–Trinajstić information content (AvgIpc) is 2.61. The molecular weight excluding hydrogens is 285 g/mol. The van der Waals surface area contributed by atoms with Crippen LogP contribution in [0.5, 0.6) is 0 Å². The second-order valence-corrected chi connectivity index (χ2v) is 3.13. The first-order valence-corrected chi connectivity index (χ1v) is 5.29. The molecule has 0 N–H and O–H groups in total. The van der Waals surface area contributed by atoms with Gasteiger partial charge in [0.05, 0.1) is 0 Å². The summed E-state index contributed by atoms with van der Waals surface area (Å²) in [5, 5.41) is 0. The summed E-state index contributed by atoms with van der Waals surface area (Å²) in [7, 11) is 0. The molecule has 0 radical (unpaired) electrons. The standard InChI is InChI=1S/C12H15N.C2H6.CH3.Zr/c1-5-10(3)8-13-9-11(4)7-12(13)6-2;1-2;;/h5-9H,1-2H2,3-4H3;1-2H3;1H3;/q;;-1;/b10-8-;;;. The van der Waals surface area contributed by atoms with Crippen molar-refractivity contribution in [1.29, 1.82) is 0 Å². The molecule has 94 valence electrons. The molecule has 1 aromatic rings. The van der Waals surface area contributed by atoms with Crippen molar-refractivity contribution in [1.82, 2.24) is 4.57 Å². The van der Waals surface area contributed by atoms with Gasteiger partial charge in [0.1, 0.15) is 0 Å². The number of hydrogen-bond donors (Lipinski definition) is 0. The molecule has 0 spiro atoms. The first kappa shape index (κ1) is 21.6. The first-order valence-electron chi connectivity index (χ1n) is 5.29. The third kappa shape index (κ3) is 7.33. The topological polar surface area (TPSA) is 4.93 Å². The molecule has 0 unspecified atom stereocenters. The molecule has 0 aliphatic heterocycles. The van der Waals surface area contributed by atoms with Crippen LogP contribution in [0.3, 0.4) is 0 Å². The normalized spacial score (nSPS) is 9.06. The summed E-state index contributed by atoms with van der Waals surface area (Å²) < 4.78 is 2.05. The number of aryl methyl sites for hydroxylation is 1. The van der Waals surface area contributed by atoms with Crippen LogP contribution in [0.2, 0.25) is 0 Å². The number of aromatic nitrogens is 1. The maximum atomic E-state index is 3.76. The van der Waals surface area contributed by atoms with Crippen LogP contribution in [0.25, 0.3) is 12.3 Å². The van der Waals surface area contributed by atoms with Gasteiger partial charge in [-0.05, 0) is 37.1 Å². The van der Waals surface area contributed by atoms with Gasteiger partial charge in [0, 0.05) is 44.3 Å². The number of allylic oxidation sites excluding steroid dienone is 2. The van der Waals surface area contributed by atoms with Crippen molar-refractivity contribution in [2.24, 2.45) is 0 Å². The molecule has 1 nitrogen and oxygen atoms in total. The molecule has 1 aromatic heterocycles. The quantitative estimate of drug-likeness (QED) is 0.549. The van der Waals surface area contributed by atoms with E-state index < -0.39 is 0 Å². The summed E-state index contributed by atoms with van der Waals surface area (Å²) >= 11 is 0. The second kappa shape index (κ2) is 11.9. The van der Waals surface area contributed by atoms with Crippen LogP contribution in [0.15, 0.2) is 37.1 Å². The molecule has 0 amide bonds. The van der Waals surface area contributed by atoms with E-state index in [9.17, 15) is 0 Å². The van der Waals surface area contributed by atoms with Crippen molar-refractivity contribution in [3.63, 3.8) is 0 Å². The van der Waals surface area contributed by atoms with E-state index in [0.29, 0.717) is 0 Å². The van der Waals surface area contributed by atoms with Gasteiger partial charge >= 0.3 is 0 Å². The van der Waals surface area contributed by atoms with E-state index in [1.807, 2.05) is 39.1 Å². The Balaban J connectivity index is -0.000000464. The zero-order valence-electron chi connectivity index (χ0n) is 11.7. The molecule has 0 saturated heterocycles. The van der Waals surface area contributed by atoms with Gasteiger partial charge in [0.2, 0.25) is 0 Å². The van der Waals surface area contributed by atoms with Gasteiger partial charge in [0.15, 0.2) is 0 Å². The van der Waals surface area contributed by atoms with Crippen molar-refractivity contribution >= 4 is 12.3 Å². The van der Waals surface area contributed by atoms with Gasteiger partial charge in [-0.25, -0.2) is 0 Å². The molecule has 17 heavy (non-hydrogen) atoms. The Hall–Kier alpha value is -0.617. The second-order valence-electron chi connectivity index (χ2n) is 3.13. The van der Waals surface area contributed by atoms with Crippen molar-refractivity contribution in [2.75, 3.05) is 0 Å². The predicted octanol–water partition coefficient (Wildman–Crippen LogP) is 4.96. The summed E-state index contributed by atoms with van der Waals surface area (Å²) in [6, 6.07) is 2.10. The van der Waals surface area contributed by atoms with Crippen molar-refractivity contribution in [2.45, 2.75) is 27.7 Å². The summed E-state index contributed by atoms with van der Waals surface area (Å²) in [4.78, 5) is 0. The molecule has 0 aliphatic carbocycles. The van der Waals surface area contributed by atoms with E-state index in [2.05, 4.69) is 36.9 Å². The average molecular weight is 310 g/mol. The van der Waals surface area contributed by atoms with Crippen LogP contribution in [0.4, 0.5) is 0 Å². The molecule has 0 bridgehead atoms. The fourth-order valence-electron chi connectivity index (χ4n) is 1.19. The zero-order chi connectivity index (χ0) is 11.8. The third-order valence-electron chi connectivity index (χ3n) is 1.89. The van der Waals surface area contributed by atoms with E-state index in [1.54, 1.807) is 0 Å². The minimum absolute atomic E-state index is 0. The van der Waals surface area contributed by atoms with Crippen molar-refractivity contribution in [3.8, 4) is 0 Å². The van der Waals surface area contributed by atoms with Gasteiger partial charge in [-0.3, -0.25) is 0 Å². The maximum absolute atomic E-state index is 3.76. The van der Waals surface area contributed by atoms with Crippen LogP contribution in [0, 0.1) is 14.4 Å². The van der Waals surface area contributed by atoms with E-state index in [-0.39, 0.29) is 33.6 Å². The Morgan fingerprint density at radius 2 is 1.82 bits per heavy atom. The van der Waals surface area contributed by atoms with Crippen LogP contribution in [0.1, 0.15) is 32.0 Å². The summed E-state index contributed by atoms with van der Waals surface area (Å²) in [5.74, 6) is 0. The number of hydrogen-bond acceptors (Lipinski definition) is 0. The van der Waals surface area contributed by atoms with Gasteiger partial charge < -0.3 is 12.0 Å². The van der Waals surface area contributed by atoms with E-state index in [4.69, 9.17) is 0 Å². The largest absolute Gasteiger partial charge is 0.358 e. The molecule has 0 fully saturated rings. The molecule has 1 rings (SSSR count). The molecule has 0 aromatic carbocycles. The summed E-state index contributed by atoms with van der Waals surface area (Å²) in [6.07, 6.45) is 7.79. The Morgan fingerprint density at radius 1 is 1.29 bits per heavy atom. The Kier molecular flexibility index (Phi) is 15.1. The zero-order valence-corrected chi connectivity index (χ0v) is 14.2. The van der Waals surface area contributed by atoms with E-state index in [1.165, 1.54) is 5.56 Å². The van der Waals surface area contributed by atoms with Crippen LogP contribution >= 0.6 is 0 Å². The third-order valence-corrected chi connectivity index (χ3v) is 1.89. The Labute approximate surface area is 126 Å². The molecule has 0 aliphatic rings. The number of rotatable bonds is 3. The molecule has 1 heterocycles. The molecule has 0 atom stereocenters. The predicted molar refractivity (Wildman–Crippen MR) is 77.2 cm³/mol. The van der Waals surface area contributed by atoms with E-state index >= 15 is 0 Å². The maximum Gasteiger partial charge on any atom is 0.0446 e. The van der Waals surface area contributed by atoms with Gasteiger partial charge in [-0.2, -0.15) is 0 Å². The fraction of sp³-hybridized carbons (Fsp3) is 0.267. The monoisotopic (exact) mass is 308 g/mol. The van der Waals surface area contributed by atoms with E-state index in [0.717, 1.165) is 11.3 Å². The minimum Gasteiger partial charge on any atom is -0.358 e. The molecule has 0 saturated carbocycles. The van der Waals surface area contributed by atoms with Gasteiger partial charge in [-0.15, -0.1) is 0 Å². The smallest absolute Gasteiger partial charge is 0.0446 e. The SMILES string of the molecule is C=C/C(C)=C\n1cc(C)cc1C=C.CC.[CH3-].[Zr]. The Bertz CT molecular complexity index is 359. The van der Waals surface area contributed by atoms with Crippen LogP contribution < -0.4 is 0 Å². The Morgan fingerprint density at radius 3 is 2.24 bits per heavy atom.